The second-order valence-corrected chi connectivity index (χ2v) is 3.68. The summed E-state index contributed by atoms with van der Waals surface area (Å²) in [5.74, 6) is 0.973. The monoisotopic (exact) mass is 227 g/mol. The summed E-state index contributed by atoms with van der Waals surface area (Å²) in [7, 11) is 0. The third-order valence-corrected chi connectivity index (χ3v) is 2.30. The fraction of sp³-hybridized carbons (Fsp3) is 0.0769. The normalized spacial score (nSPS) is 9.94. The number of ether oxygens (including phenoxy) is 1. The van der Waals surface area contributed by atoms with E-state index in [2.05, 4.69) is 4.98 Å². The van der Waals surface area contributed by atoms with Crippen molar-refractivity contribution in [3.05, 3.63) is 53.7 Å². The molecule has 4 heteroatoms. The minimum Gasteiger partial charge on any atom is -0.438 e. The summed E-state index contributed by atoms with van der Waals surface area (Å²) in [6.07, 6.45) is 1.61. The molecule has 0 saturated carbocycles. The Morgan fingerprint density at radius 3 is 2.59 bits per heavy atom. The fourth-order valence-corrected chi connectivity index (χ4v) is 1.40. The number of nitrogens with zero attached hydrogens (tertiary/aromatic N) is 1. The highest BCUT2D eigenvalue weighted by Crippen LogP contribution is 2.22. The van der Waals surface area contributed by atoms with Gasteiger partial charge in [0.05, 0.1) is 5.56 Å². The number of hydrogen-bond acceptors (Lipinski definition) is 3. The van der Waals surface area contributed by atoms with Crippen molar-refractivity contribution in [3.63, 3.8) is 0 Å². The van der Waals surface area contributed by atoms with Gasteiger partial charge in [0.1, 0.15) is 11.6 Å². The highest BCUT2D eigenvalue weighted by Gasteiger charge is 2.07. The van der Waals surface area contributed by atoms with Crippen molar-refractivity contribution >= 4 is 5.84 Å². The van der Waals surface area contributed by atoms with Crippen LogP contribution in [0.25, 0.3) is 0 Å². The highest BCUT2D eigenvalue weighted by molar-refractivity contribution is 5.97. The molecular weight excluding hydrogens is 214 g/mol. The molecule has 0 fully saturated rings. The number of aromatic nitrogens is 1. The van der Waals surface area contributed by atoms with Crippen molar-refractivity contribution in [2.45, 2.75) is 6.92 Å². The Bertz CT molecular complexity index is 535. The smallest absolute Gasteiger partial charge is 0.230 e. The van der Waals surface area contributed by atoms with Crippen molar-refractivity contribution in [2.24, 2.45) is 5.73 Å². The van der Waals surface area contributed by atoms with Gasteiger partial charge in [0.2, 0.25) is 5.88 Å². The standard InChI is InChI=1S/C13H13N3O/c1-9-4-6-10(7-5-9)17-13-11(12(14)15)3-2-8-16-13/h2-8H,1H3,(H3,14,15). The largest absolute Gasteiger partial charge is 0.438 e. The maximum Gasteiger partial charge on any atom is 0.230 e. The van der Waals surface area contributed by atoms with Gasteiger partial charge in [-0.3, -0.25) is 5.41 Å². The second-order valence-electron chi connectivity index (χ2n) is 3.68. The van der Waals surface area contributed by atoms with Gasteiger partial charge in [-0.15, -0.1) is 0 Å². The molecule has 2 aromatic rings. The van der Waals surface area contributed by atoms with Gasteiger partial charge in [0.15, 0.2) is 0 Å². The average Bonchev–Trinajstić information content (AvgIpc) is 2.32. The van der Waals surface area contributed by atoms with Crippen molar-refractivity contribution in [3.8, 4) is 11.6 Å². The minimum atomic E-state index is -0.0554. The number of aryl methyl sites for hydroxylation is 1. The van der Waals surface area contributed by atoms with Crippen LogP contribution in [0.15, 0.2) is 42.6 Å². The van der Waals surface area contributed by atoms with E-state index in [-0.39, 0.29) is 5.84 Å². The van der Waals surface area contributed by atoms with Gasteiger partial charge in [0.25, 0.3) is 0 Å². The number of nitrogens with two attached hydrogens (primary N) is 1. The molecule has 1 aromatic carbocycles. The molecule has 0 aliphatic heterocycles. The summed E-state index contributed by atoms with van der Waals surface area (Å²) in [5.41, 5.74) is 7.11. The van der Waals surface area contributed by atoms with Crippen LogP contribution >= 0.6 is 0 Å². The van der Waals surface area contributed by atoms with Crippen LogP contribution in [0.5, 0.6) is 11.6 Å². The molecule has 1 aromatic heterocycles. The molecule has 0 unspecified atom stereocenters. The number of rotatable bonds is 3. The molecule has 2 rings (SSSR count). The van der Waals surface area contributed by atoms with E-state index in [0.717, 1.165) is 5.56 Å². The Balaban J connectivity index is 2.30. The van der Waals surface area contributed by atoms with Gasteiger partial charge in [-0.25, -0.2) is 4.98 Å². The van der Waals surface area contributed by atoms with Crippen LogP contribution in [0.4, 0.5) is 0 Å². The molecule has 1 heterocycles. The lowest BCUT2D eigenvalue weighted by Crippen LogP contribution is -2.12. The minimum absolute atomic E-state index is 0.0554. The fourth-order valence-electron chi connectivity index (χ4n) is 1.40. The molecule has 0 spiro atoms. The van der Waals surface area contributed by atoms with Gasteiger partial charge < -0.3 is 10.5 Å². The molecule has 3 N–H and O–H groups in total. The van der Waals surface area contributed by atoms with Crippen molar-refractivity contribution < 1.29 is 4.74 Å². The van der Waals surface area contributed by atoms with E-state index >= 15 is 0 Å². The average molecular weight is 227 g/mol. The zero-order valence-corrected chi connectivity index (χ0v) is 9.47. The van der Waals surface area contributed by atoms with Crippen LogP contribution in [0.1, 0.15) is 11.1 Å². The summed E-state index contributed by atoms with van der Waals surface area (Å²) in [6, 6.07) is 11.0. The van der Waals surface area contributed by atoms with E-state index in [1.165, 1.54) is 0 Å². The lowest BCUT2D eigenvalue weighted by Gasteiger charge is -2.08. The number of nitrogens with one attached hydrogen (secondary N) is 1. The summed E-state index contributed by atoms with van der Waals surface area (Å²) in [4.78, 5) is 4.07. The van der Waals surface area contributed by atoms with Gasteiger partial charge in [0, 0.05) is 6.20 Å². The molecular formula is C13H13N3O. The molecule has 0 saturated heterocycles. The van der Waals surface area contributed by atoms with Gasteiger partial charge >= 0.3 is 0 Å². The molecule has 0 radical (unpaired) electrons. The Kier molecular flexibility index (Phi) is 3.05. The molecule has 0 bridgehead atoms. The molecule has 4 nitrogen and oxygen atoms in total. The van der Waals surface area contributed by atoms with Gasteiger partial charge in [-0.05, 0) is 31.2 Å². The first kappa shape index (κ1) is 11.1. The van der Waals surface area contributed by atoms with Crippen molar-refractivity contribution in [1.29, 1.82) is 5.41 Å². The van der Waals surface area contributed by atoms with Gasteiger partial charge in [-0.2, -0.15) is 0 Å². The predicted molar refractivity (Wildman–Crippen MR) is 66.5 cm³/mol. The van der Waals surface area contributed by atoms with Crippen LogP contribution < -0.4 is 10.5 Å². The van der Waals surface area contributed by atoms with E-state index in [1.807, 2.05) is 31.2 Å². The first-order valence-corrected chi connectivity index (χ1v) is 5.21. The van der Waals surface area contributed by atoms with E-state index < -0.39 is 0 Å². The maximum absolute atomic E-state index is 7.43. The molecule has 17 heavy (non-hydrogen) atoms. The third kappa shape index (κ3) is 2.60. The summed E-state index contributed by atoms with van der Waals surface area (Å²) in [6.45, 7) is 2.01. The molecule has 86 valence electrons. The topological polar surface area (TPSA) is 72.0 Å². The van der Waals surface area contributed by atoms with E-state index in [4.69, 9.17) is 15.9 Å². The third-order valence-electron chi connectivity index (χ3n) is 2.30. The Hall–Kier alpha value is -2.36. The lowest BCUT2D eigenvalue weighted by molar-refractivity contribution is 0.461. The maximum atomic E-state index is 7.43. The molecule has 0 aliphatic rings. The molecule has 0 aliphatic carbocycles. The molecule has 0 amide bonds. The van der Waals surface area contributed by atoms with Crippen LogP contribution in [0, 0.1) is 12.3 Å². The van der Waals surface area contributed by atoms with Crippen molar-refractivity contribution in [1.82, 2.24) is 4.98 Å². The number of pyridine rings is 1. The van der Waals surface area contributed by atoms with Crippen LogP contribution in [-0.4, -0.2) is 10.8 Å². The Morgan fingerprint density at radius 2 is 1.94 bits per heavy atom. The van der Waals surface area contributed by atoms with Crippen LogP contribution in [0.3, 0.4) is 0 Å². The van der Waals surface area contributed by atoms with Gasteiger partial charge in [-0.1, -0.05) is 17.7 Å². The Morgan fingerprint density at radius 1 is 1.24 bits per heavy atom. The first-order chi connectivity index (χ1) is 8.16. The number of hydrogen-bond donors (Lipinski definition) is 2. The van der Waals surface area contributed by atoms with E-state index in [0.29, 0.717) is 17.2 Å². The highest BCUT2D eigenvalue weighted by atomic mass is 16.5. The lowest BCUT2D eigenvalue weighted by atomic mass is 10.2. The van der Waals surface area contributed by atoms with Crippen LogP contribution in [-0.2, 0) is 0 Å². The quantitative estimate of drug-likeness (QED) is 0.625. The number of nitrogen functional groups attached to an aromatic ring is 1. The zero-order valence-electron chi connectivity index (χ0n) is 9.47. The van der Waals surface area contributed by atoms with E-state index in [1.54, 1.807) is 18.3 Å². The van der Waals surface area contributed by atoms with Crippen LogP contribution in [0.2, 0.25) is 0 Å². The summed E-state index contributed by atoms with van der Waals surface area (Å²) in [5, 5.41) is 7.43. The summed E-state index contributed by atoms with van der Waals surface area (Å²) >= 11 is 0. The first-order valence-electron chi connectivity index (χ1n) is 5.21. The summed E-state index contributed by atoms with van der Waals surface area (Å²) < 4.78 is 5.59. The Labute approximate surface area is 99.6 Å². The zero-order chi connectivity index (χ0) is 12.3. The van der Waals surface area contributed by atoms with Crippen molar-refractivity contribution in [2.75, 3.05) is 0 Å². The second kappa shape index (κ2) is 4.65. The number of amidine groups is 1. The number of benzene rings is 1. The molecule has 0 atom stereocenters. The van der Waals surface area contributed by atoms with E-state index in [9.17, 15) is 0 Å². The SMILES string of the molecule is Cc1ccc(Oc2ncccc2C(=N)N)cc1. The predicted octanol–water partition coefficient (Wildman–Crippen LogP) is 2.47.